The number of ether oxygens (including phenoxy) is 1. The predicted octanol–water partition coefficient (Wildman–Crippen LogP) is 3.19. The van der Waals surface area contributed by atoms with Gasteiger partial charge >= 0.3 is 0 Å². The van der Waals surface area contributed by atoms with Gasteiger partial charge in [0.1, 0.15) is 5.75 Å². The minimum atomic E-state index is -0.330. The third kappa shape index (κ3) is 4.26. The summed E-state index contributed by atoms with van der Waals surface area (Å²) in [6.45, 7) is 1.86. The third-order valence-corrected chi connectivity index (χ3v) is 4.82. The van der Waals surface area contributed by atoms with E-state index in [9.17, 15) is 4.79 Å². The van der Waals surface area contributed by atoms with Gasteiger partial charge in [-0.3, -0.25) is 4.79 Å². The zero-order valence-electron chi connectivity index (χ0n) is 16.4. The molecule has 0 aliphatic carbocycles. The molecule has 0 radical (unpaired) electrons. The average molecular weight is 397 g/mol. The Bertz CT molecular complexity index is 905. The van der Waals surface area contributed by atoms with E-state index in [4.69, 9.17) is 17.0 Å². The molecule has 7 heteroatoms. The summed E-state index contributed by atoms with van der Waals surface area (Å²) >= 11 is 5.31. The molecule has 0 saturated carbocycles. The molecule has 1 aliphatic rings. The van der Waals surface area contributed by atoms with Crippen molar-refractivity contribution in [2.45, 2.75) is 13.0 Å². The highest BCUT2D eigenvalue weighted by atomic mass is 32.1. The minimum Gasteiger partial charge on any atom is -0.497 e. The Kier molecular flexibility index (Phi) is 5.84. The lowest BCUT2D eigenvalue weighted by atomic mass is 9.94. The number of rotatable bonds is 5. The monoisotopic (exact) mass is 396 g/mol. The smallest absolute Gasteiger partial charge is 0.255 e. The second kappa shape index (κ2) is 8.31. The van der Waals surface area contributed by atoms with Crippen molar-refractivity contribution in [1.29, 1.82) is 0 Å². The van der Waals surface area contributed by atoms with E-state index < -0.39 is 0 Å². The molecule has 6 nitrogen and oxygen atoms in total. The zero-order valence-corrected chi connectivity index (χ0v) is 17.2. The molecular weight excluding hydrogens is 372 g/mol. The first-order chi connectivity index (χ1) is 13.4. The van der Waals surface area contributed by atoms with E-state index in [0.717, 1.165) is 22.7 Å². The molecule has 146 valence electrons. The fourth-order valence-corrected chi connectivity index (χ4v) is 3.35. The molecule has 3 N–H and O–H groups in total. The molecule has 28 heavy (non-hydrogen) atoms. The van der Waals surface area contributed by atoms with Crippen LogP contribution in [0.3, 0.4) is 0 Å². The first kappa shape index (κ1) is 19.7. The maximum atomic E-state index is 13.1. The van der Waals surface area contributed by atoms with Gasteiger partial charge in [0.15, 0.2) is 5.11 Å². The normalized spacial score (nSPS) is 16.1. The fraction of sp³-hybridized carbons (Fsp3) is 0.238. The van der Waals surface area contributed by atoms with Crippen molar-refractivity contribution in [1.82, 2.24) is 10.6 Å². The van der Waals surface area contributed by atoms with E-state index in [1.54, 1.807) is 19.2 Å². The van der Waals surface area contributed by atoms with Crippen molar-refractivity contribution in [2.24, 2.45) is 0 Å². The summed E-state index contributed by atoms with van der Waals surface area (Å²) < 4.78 is 5.16. The molecule has 0 fully saturated rings. The number of nitrogens with zero attached hydrogens (tertiary/aromatic N) is 1. The maximum absolute atomic E-state index is 13.1. The topological polar surface area (TPSA) is 65.6 Å². The number of thiocarbonyl (C=S) groups is 1. The molecule has 0 spiro atoms. The summed E-state index contributed by atoms with van der Waals surface area (Å²) in [6.07, 6.45) is 0. The summed E-state index contributed by atoms with van der Waals surface area (Å²) in [5, 5.41) is 9.72. The van der Waals surface area contributed by atoms with Gasteiger partial charge in [-0.15, -0.1) is 0 Å². The van der Waals surface area contributed by atoms with E-state index >= 15 is 0 Å². The Hall–Kier alpha value is -3.06. The van der Waals surface area contributed by atoms with Crippen LogP contribution in [0.2, 0.25) is 0 Å². The number of carbonyl (C=O) groups excluding carboxylic acids is 1. The molecule has 0 saturated heterocycles. The lowest BCUT2D eigenvalue weighted by Gasteiger charge is -2.30. The number of methoxy groups -OCH3 is 1. The van der Waals surface area contributed by atoms with E-state index in [1.807, 2.05) is 62.3 Å². The Morgan fingerprint density at radius 2 is 1.75 bits per heavy atom. The second-order valence-electron chi connectivity index (χ2n) is 6.74. The Balaban J connectivity index is 1.89. The van der Waals surface area contributed by atoms with Crippen molar-refractivity contribution >= 4 is 34.6 Å². The van der Waals surface area contributed by atoms with Crippen LogP contribution >= 0.6 is 12.2 Å². The third-order valence-electron chi connectivity index (χ3n) is 4.60. The fourth-order valence-electron chi connectivity index (χ4n) is 3.08. The summed E-state index contributed by atoms with van der Waals surface area (Å²) in [7, 11) is 5.59. The molecule has 1 heterocycles. The molecule has 3 rings (SSSR count). The number of hydrogen-bond donors (Lipinski definition) is 3. The van der Waals surface area contributed by atoms with Crippen molar-refractivity contribution in [2.75, 3.05) is 31.4 Å². The summed E-state index contributed by atoms with van der Waals surface area (Å²) in [5.74, 6) is 0.547. The van der Waals surface area contributed by atoms with E-state index in [1.165, 1.54) is 0 Å². The highest BCUT2D eigenvalue weighted by molar-refractivity contribution is 7.80. The van der Waals surface area contributed by atoms with Crippen LogP contribution in [0.4, 0.5) is 11.4 Å². The van der Waals surface area contributed by atoms with Crippen LogP contribution in [-0.2, 0) is 4.79 Å². The zero-order chi connectivity index (χ0) is 20.3. The van der Waals surface area contributed by atoms with Gasteiger partial charge < -0.3 is 25.6 Å². The first-order valence-corrected chi connectivity index (χ1v) is 9.31. The number of allylic oxidation sites excluding steroid dienone is 1. The Morgan fingerprint density at radius 1 is 1.11 bits per heavy atom. The Morgan fingerprint density at radius 3 is 2.32 bits per heavy atom. The van der Waals surface area contributed by atoms with Crippen molar-refractivity contribution in [3.63, 3.8) is 0 Å². The molecule has 2 aromatic carbocycles. The van der Waals surface area contributed by atoms with Gasteiger partial charge in [-0.25, -0.2) is 0 Å². The van der Waals surface area contributed by atoms with E-state index in [-0.39, 0.29) is 11.9 Å². The van der Waals surface area contributed by atoms with E-state index in [0.29, 0.717) is 16.4 Å². The minimum absolute atomic E-state index is 0.188. The summed E-state index contributed by atoms with van der Waals surface area (Å²) in [6, 6.07) is 15.0. The van der Waals surface area contributed by atoms with Crippen LogP contribution in [0.25, 0.3) is 0 Å². The SMILES string of the molecule is COc1ccc(NC(=O)C2=C(C)NC(=S)N[C@H]2c2ccc(N(C)C)cc2)cc1. The molecule has 1 aliphatic heterocycles. The lowest BCUT2D eigenvalue weighted by Crippen LogP contribution is -2.45. The quantitative estimate of drug-likeness (QED) is 0.675. The molecule has 0 aromatic heterocycles. The van der Waals surface area contributed by atoms with Crippen molar-refractivity contribution in [3.8, 4) is 5.75 Å². The molecule has 1 atom stereocenters. The van der Waals surface area contributed by atoms with Crippen LogP contribution in [0, 0.1) is 0 Å². The van der Waals surface area contributed by atoms with Gasteiger partial charge in [-0.1, -0.05) is 12.1 Å². The van der Waals surface area contributed by atoms with Crippen LogP contribution in [0.1, 0.15) is 18.5 Å². The molecule has 0 bridgehead atoms. The first-order valence-electron chi connectivity index (χ1n) is 8.90. The molecule has 1 amide bonds. The van der Waals surface area contributed by atoms with Crippen LogP contribution in [0.5, 0.6) is 5.75 Å². The van der Waals surface area contributed by atoms with Gasteiger partial charge in [-0.05, 0) is 61.1 Å². The van der Waals surface area contributed by atoms with Gasteiger partial charge in [0.05, 0.1) is 18.7 Å². The number of carbonyl (C=O) groups is 1. The summed E-state index contributed by atoms with van der Waals surface area (Å²) in [5.41, 5.74) is 4.08. The number of nitrogens with one attached hydrogen (secondary N) is 3. The number of amides is 1. The lowest BCUT2D eigenvalue weighted by molar-refractivity contribution is -0.113. The van der Waals surface area contributed by atoms with Gasteiger partial charge in [0, 0.05) is 31.2 Å². The highest BCUT2D eigenvalue weighted by Gasteiger charge is 2.29. The largest absolute Gasteiger partial charge is 0.497 e. The van der Waals surface area contributed by atoms with Crippen LogP contribution in [-0.4, -0.2) is 32.2 Å². The summed E-state index contributed by atoms with van der Waals surface area (Å²) in [4.78, 5) is 15.1. The van der Waals surface area contributed by atoms with E-state index in [2.05, 4.69) is 16.0 Å². The van der Waals surface area contributed by atoms with Crippen molar-refractivity contribution in [3.05, 3.63) is 65.4 Å². The second-order valence-corrected chi connectivity index (χ2v) is 7.15. The van der Waals surface area contributed by atoms with Gasteiger partial charge in [0.2, 0.25) is 0 Å². The number of benzene rings is 2. The van der Waals surface area contributed by atoms with Crippen LogP contribution < -0.4 is 25.6 Å². The highest BCUT2D eigenvalue weighted by Crippen LogP contribution is 2.29. The maximum Gasteiger partial charge on any atom is 0.255 e. The standard InChI is InChI=1S/C21H24N4O2S/c1-13-18(20(26)23-15-7-11-17(27-4)12-8-15)19(24-21(28)22-13)14-5-9-16(10-6-14)25(2)3/h5-12,19H,1-4H3,(H,23,26)(H2,22,24,28)/t19-/m0/s1. The van der Waals surface area contributed by atoms with Gasteiger partial charge in [-0.2, -0.15) is 0 Å². The van der Waals surface area contributed by atoms with Crippen LogP contribution in [0.15, 0.2) is 59.8 Å². The number of anilines is 2. The molecule has 0 unspecified atom stereocenters. The molecule has 2 aromatic rings. The van der Waals surface area contributed by atoms with Crippen molar-refractivity contribution < 1.29 is 9.53 Å². The molecular formula is C21H24N4O2S. The average Bonchev–Trinajstić information content (AvgIpc) is 2.68. The number of hydrogen-bond acceptors (Lipinski definition) is 4. The predicted molar refractivity (Wildman–Crippen MR) is 117 cm³/mol. The van der Waals surface area contributed by atoms with Gasteiger partial charge in [0.25, 0.3) is 5.91 Å². The Labute approximate surface area is 170 Å².